The summed E-state index contributed by atoms with van der Waals surface area (Å²) in [6.45, 7) is 6.15. The highest BCUT2D eigenvalue weighted by molar-refractivity contribution is 5.45. The molecule has 0 amide bonds. The van der Waals surface area contributed by atoms with Crippen LogP contribution < -0.4 is 11.1 Å². The lowest BCUT2D eigenvalue weighted by atomic mass is 10.0. The zero-order valence-electron chi connectivity index (χ0n) is 9.79. The molecule has 0 unspecified atom stereocenters. The van der Waals surface area contributed by atoms with Gasteiger partial charge in [-0.05, 0) is 23.6 Å². The molecule has 2 nitrogen and oxygen atoms in total. The maximum Gasteiger partial charge on any atom is 0.0343 e. The molecule has 0 spiro atoms. The molecule has 3 N–H and O–H groups in total. The molecule has 0 heterocycles. The van der Waals surface area contributed by atoms with Crippen LogP contribution in [0.3, 0.4) is 0 Å². The third-order valence-electron chi connectivity index (χ3n) is 2.91. The Morgan fingerprint density at radius 3 is 2.60 bits per heavy atom. The first-order valence-electron chi connectivity index (χ1n) is 5.83. The van der Waals surface area contributed by atoms with E-state index in [1.165, 1.54) is 24.1 Å². The molecule has 1 rings (SSSR count). The van der Waals surface area contributed by atoms with Gasteiger partial charge in [-0.3, -0.25) is 0 Å². The molecular weight excluding hydrogens is 184 g/mol. The Bertz CT molecular complexity index is 280. The quantitative estimate of drug-likeness (QED) is 0.751. The summed E-state index contributed by atoms with van der Waals surface area (Å²) in [7, 11) is 0. The Balaban J connectivity index is 2.49. The Morgan fingerprint density at radius 2 is 2.00 bits per heavy atom. The van der Waals surface area contributed by atoms with Gasteiger partial charge < -0.3 is 11.1 Å². The molecule has 0 radical (unpaired) electrons. The van der Waals surface area contributed by atoms with Gasteiger partial charge in [0.2, 0.25) is 0 Å². The van der Waals surface area contributed by atoms with Crippen molar-refractivity contribution in [1.82, 2.24) is 0 Å². The molecule has 1 aromatic rings. The van der Waals surface area contributed by atoms with Crippen LogP contribution in [0.4, 0.5) is 5.69 Å². The smallest absolute Gasteiger partial charge is 0.0343 e. The lowest BCUT2D eigenvalue weighted by molar-refractivity contribution is 0.519. The molecule has 0 aromatic heterocycles. The fourth-order valence-corrected chi connectivity index (χ4v) is 1.65. The summed E-state index contributed by atoms with van der Waals surface area (Å²) in [6.07, 6.45) is 2.47. The molecule has 0 saturated carbocycles. The van der Waals surface area contributed by atoms with Crippen molar-refractivity contribution < 1.29 is 0 Å². The molecule has 0 saturated heterocycles. The van der Waals surface area contributed by atoms with Gasteiger partial charge >= 0.3 is 0 Å². The molecule has 0 aliphatic heterocycles. The highest BCUT2D eigenvalue weighted by Crippen LogP contribution is 2.13. The molecule has 84 valence electrons. The molecule has 1 aromatic carbocycles. The monoisotopic (exact) mass is 206 g/mol. The first kappa shape index (κ1) is 12.1. The summed E-state index contributed by atoms with van der Waals surface area (Å²) in [5.74, 6) is 0.770. The van der Waals surface area contributed by atoms with Crippen LogP contribution in [0.5, 0.6) is 0 Å². The van der Waals surface area contributed by atoms with Crippen molar-refractivity contribution in [3.63, 3.8) is 0 Å². The third-order valence-corrected chi connectivity index (χ3v) is 2.91. The normalized spacial score (nSPS) is 10.7. The van der Waals surface area contributed by atoms with Gasteiger partial charge in [-0.25, -0.2) is 0 Å². The van der Waals surface area contributed by atoms with Crippen LogP contribution >= 0.6 is 0 Å². The van der Waals surface area contributed by atoms with Gasteiger partial charge in [-0.1, -0.05) is 38.8 Å². The Hall–Kier alpha value is -1.02. The number of hydrogen-bond donors (Lipinski definition) is 2. The van der Waals surface area contributed by atoms with Gasteiger partial charge in [0.15, 0.2) is 0 Å². The number of benzene rings is 1. The van der Waals surface area contributed by atoms with Crippen molar-refractivity contribution in [2.45, 2.75) is 33.2 Å². The molecule has 0 aliphatic rings. The van der Waals surface area contributed by atoms with Crippen LogP contribution in [0.1, 0.15) is 32.3 Å². The minimum atomic E-state index is 0.612. The van der Waals surface area contributed by atoms with Gasteiger partial charge in [0.25, 0.3) is 0 Å². The second-order valence-electron chi connectivity index (χ2n) is 3.97. The van der Waals surface area contributed by atoms with Crippen molar-refractivity contribution in [2.75, 3.05) is 11.9 Å². The summed E-state index contributed by atoms with van der Waals surface area (Å²) in [5.41, 5.74) is 7.97. The zero-order valence-corrected chi connectivity index (χ0v) is 9.79. The van der Waals surface area contributed by atoms with Crippen LogP contribution in [0.15, 0.2) is 24.3 Å². The van der Waals surface area contributed by atoms with Crippen molar-refractivity contribution in [2.24, 2.45) is 11.7 Å². The van der Waals surface area contributed by atoms with E-state index >= 15 is 0 Å². The number of rotatable bonds is 6. The first-order chi connectivity index (χ1) is 7.30. The van der Waals surface area contributed by atoms with E-state index in [0.717, 1.165) is 12.5 Å². The highest BCUT2D eigenvalue weighted by Gasteiger charge is 2.02. The SMILES string of the molecule is CCC(CC)CNc1cccc(CN)c1. The number of nitrogens with two attached hydrogens (primary N) is 1. The second-order valence-corrected chi connectivity index (χ2v) is 3.97. The summed E-state index contributed by atoms with van der Waals surface area (Å²) in [5, 5.41) is 3.47. The van der Waals surface area contributed by atoms with E-state index in [2.05, 4.69) is 43.4 Å². The number of hydrogen-bond acceptors (Lipinski definition) is 2. The van der Waals surface area contributed by atoms with E-state index in [1.54, 1.807) is 0 Å². The molecule has 0 aliphatic carbocycles. The Labute approximate surface area is 92.9 Å². The summed E-state index contributed by atoms with van der Waals surface area (Å²) in [6, 6.07) is 8.34. The lowest BCUT2D eigenvalue weighted by Crippen LogP contribution is -2.12. The van der Waals surface area contributed by atoms with E-state index < -0.39 is 0 Å². The Kier molecular flexibility index (Phi) is 5.19. The minimum Gasteiger partial charge on any atom is -0.385 e. The first-order valence-corrected chi connectivity index (χ1v) is 5.83. The summed E-state index contributed by atoms with van der Waals surface area (Å²) >= 11 is 0. The van der Waals surface area contributed by atoms with Crippen molar-refractivity contribution in [3.05, 3.63) is 29.8 Å². The molecule has 2 heteroatoms. The van der Waals surface area contributed by atoms with E-state index in [4.69, 9.17) is 5.73 Å². The largest absolute Gasteiger partial charge is 0.385 e. The van der Waals surface area contributed by atoms with Crippen LogP contribution in [0.2, 0.25) is 0 Å². The van der Waals surface area contributed by atoms with Crippen LogP contribution in [-0.2, 0) is 6.54 Å². The van der Waals surface area contributed by atoms with E-state index in [1.807, 2.05) is 0 Å². The molecule has 0 atom stereocenters. The van der Waals surface area contributed by atoms with E-state index in [9.17, 15) is 0 Å². The van der Waals surface area contributed by atoms with Crippen molar-refractivity contribution in [3.8, 4) is 0 Å². The fraction of sp³-hybridized carbons (Fsp3) is 0.538. The van der Waals surface area contributed by atoms with Gasteiger partial charge in [0.05, 0.1) is 0 Å². The molecule has 0 fully saturated rings. The van der Waals surface area contributed by atoms with Gasteiger partial charge in [0.1, 0.15) is 0 Å². The van der Waals surface area contributed by atoms with Gasteiger partial charge in [-0.15, -0.1) is 0 Å². The van der Waals surface area contributed by atoms with E-state index in [0.29, 0.717) is 6.54 Å². The fourth-order valence-electron chi connectivity index (χ4n) is 1.65. The molecular formula is C13H22N2. The van der Waals surface area contributed by atoms with Gasteiger partial charge in [0, 0.05) is 18.8 Å². The highest BCUT2D eigenvalue weighted by atomic mass is 14.9. The van der Waals surface area contributed by atoms with Crippen LogP contribution in [0, 0.1) is 5.92 Å². The molecule has 0 bridgehead atoms. The lowest BCUT2D eigenvalue weighted by Gasteiger charge is -2.14. The topological polar surface area (TPSA) is 38.0 Å². The average Bonchev–Trinajstić information content (AvgIpc) is 2.31. The molecule has 15 heavy (non-hydrogen) atoms. The Morgan fingerprint density at radius 1 is 1.27 bits per heavy atom. The third kappa shape index (κ3) is 3.92. The average molecular weight is 206 g/mol. The maximum absolute atomic E-state index is 5.60. The minimum absolute atomic E-state index is 0.612. The van der Waals surface area contributed by atoms with Crippen LogP contribution in [-0.4, -0.2) is 6.54 Å². The van der Waals surface area contributed by atoms with Crippen molar-refractivity contribution in [1.29, 1.82) is 0 Å². The van der Waals surface area contributed by atoms with Gasteiger partial charge in [-0.2, -0.15) is 0 Å². The zero-order chi connectivity index (χ0) is 11.1. The predicted molar refractivity (Wildman–Crippen MR) is 66.9 cm³/mol. The van der Waals surface area contributed by atoms with Crippen molar-refractivity contribution >= 4 is 5.69 Å². The van der Waals surface area contributed by atoms with Crippen LogP contribution in [0.25, 0.3) is 0 Å². The summed E-state index contributed by atoms with van der Waals surface area (Å²) < 4.78 is 0. The maximum atomic E-state index is 5.60. The summed E-state index contributed by atoms with van der Waals surface area (Å²) in [4.78, 5) is 0. The standard InChI is InChI=1S/C13H22N2/c1-3-11(4-2)10-15-13-7-5-6-12(8-13)9-14/h5-8,11,15H,3-4,9-10,14H2,1-2H3. The number of anilines is 1. The number of nitrogens with one attached hydrogen (secondary N) is 1. The van der Waals surface area contributed by atoms with E-state index in [-0.39, 0.29) is 0 Å². The predicted octanol–water partition coefficient (Wildman–Crippen LogP) is 2.99. The second kappa shape index (κ2) is 6.46.